The highest BCUT2D eigenvalue weighted by atomic mass is 35.5. The van der Waals surface area contributed by atoms with Gasteiger partial charge in [0.25, 0.3) is 5.91 Å². The number of benzene rings is 1. The van der Waals surface area contributed by atoms with E-state index < -0.39 is 0 Å². The first-order chi connectivity index (χ1) is 11.6. The number of amides is 1. The van der Waals surface area contributed by atoms with Crippen molar-refractivity contribution >= 4 is 18.3 Å². The van der Waals surface area contributed by atoms with Crippen LogP contribution in [-0.2, 0) is 19.3 Å². The Morgan fingerprint density at radius 3 is 2.68 bits per heavy atom. The molecule has 1 unspecified atom stereocenters. The van der Waals surface area contributed by atoms with E-state index in [0.717, 1.165) is 36.9 Å². The molecule has 1 heterocycles. The molecule has 5 nitrogen and oxygen atoms in total. The molecule has 1 aromatic heterocycles. The van der Waals surface area contributed by atoms with Crippen LogP contribution in [-0.4, -0.2) is 28.8 Å². The first kappa shape index (κ1) is 19.5. The molecule has 1 amide bonds. The van der Waals surface area contributed by atoms with Gasteiger partial charge in [-0.1, -0.05) is 26.0 Å². The third-order valence-corrected chi connectivity index (χ3v) is 4.75. The summed E-state index contributed by atoms with van der Waals surface area (Å²) in [6, 6.07) is 8.42. The predicted octanol–water partition coefficient (Wildman–Crippen LogP) is 2.67. The molecule has 2 aromatic rings. The molecule has 1 atom stereocenters. The second-order valence-corrected chi connectivity index (χ2v) is 6.61. The molecule has 0 saturated carbocycles. The molecule has 0 radical (unpaired) electrons. The largest absolute Gasteiger partial charge is 0.350 e. The standard InChI is InChI=1S/C19H26N4O.ClH/c1-3-14-7-9-15(10-8-14)23-17-6-4-5-16(17)18(22-23)19(24)21-12-13(2)11-20;/h7-10,13H,3-6,11-12,20H2,1-2H3,(H,21,24);1H. The number of halogens is 1. The van der Waals surface area contributed by atoms with Gasteiger partial charge in [0, 0.05) is 17.8 Å². The average Bonchev–Trinajstić information content (AvgIpc) is 3.22. The van der Waals surface area contributed by atoms with Gasteiger partial charge in [0.2, 0.25) is 0 Å². The van der Waals surface area contributed by atoms with Gasteiger partial charge in [-0.3, -0.25) is 4.79 Å². The SMILES string of the molecule is CCc1ccc(-n2nc(C(=O)NCC(C)CN)c3c2CCC3)cc1.Cl. The lowest BCUT2D eigenvalue weighted by atomic mass is 10.1. The summed E-state index contributed by atoms with van der Waals surface area (Å²) in [7, 11) is 0. The van der Waals surface area contributed by atoms with Gasteiger partial charge in [-0.15, -0.1) is 12.4 Å². The molecule has 3 N–H and O–H groups in total. The van der Waals surface area contributed by atoms with Crippen molar-refractivity contribution in [3.05, 3.63) is 46.8 Å². The van der Waals surface area contributed by atoms with Gasteiger partial charge in [0.1, 0.15) is 0 Å². The highest BCUT2D eigenvalue weighted by Gasteiger charge is 2.26. The van der Waals surface area contributed by atoms with Crippen LogP contribution in [0.25, 0.3) is 5.69 Å². The second-order valence-electron chi connectivity index (χ2n) is 6.61. The predicted molar refractivity (Wildman–Crippen MR) is 103 cm³/mol. The van der Waals surface area contributed by atoms with Crippen LogP contribution in [0.15, 0.2) is 24.3 Å². The van der Waals surface area contributed by atoms with Gasteiger partial charge in [0.05, 0.1) is 5.69 Å². The maximum atomic E-state index is 12.5. The fourth-order valence-corrected chi connectivity index (χ4v) is 3.14. The number of nitrogens with two attached hydrogens (primary N) is 1. The van der Waals surface area contributed by atoms with Gasteiger partial charge in [-0.2, -0.15) is 5.10 Å². The Hall–Kier alpha value is -1.85. The first-order valence-electron chi connectivity index (χ1n) is 8.82. The zero-order valence-corrected chi connectivity index (χ0v) is 15.7. The summed E-state index contributed by atoms with van der Waals surface area (Å²) in [6.07, 6.45) is 4.01. The van der Waals surface area contributed by atoms with Gasteiger partial charge in [0.15, 0.2) is 5.69 Å². The summed E-state index contributed by atoms with van der Waals surface area (Å²) in [5, 5.41) is 7.60. The summed E-state index contributed by atoms with van der Waals surface area (Å²) >= 11 is 0. The summed E-state index contributed by atoms with van der Waals surface area (Å²) < 4.78 is 1.95. The van der Waals surface area contributed by atoms with Crippen LogP contribution in [0, 0.1) is 5.92 Å². The molecule has 25 heavy (non-hydrogen) atoms. The van der Waals surface area contributed by atoms with E-state index in [-0.39, 0.29) is 24.2 Å². The van der Waals surface area contributed by atoms with Crippen molar-refractivity contribution in [3.63, 3.8) is 0 Å². The van der Waals surface area contributed by atoms with E-state index in [4.69, 9.17) is 5.73 Å². The number of rotatable bonds is 6. The third kappa shape index (κ3) is 4.05. The Labute approximate surface area is 155 Å². The van der Waals surface area contributed by atoms with Crippen molar-refractivity contribution in [2.45, 2.75) is 39.5 Å². The van der Waals surface area contributed by atoms with Crippen LogP contribution in [0.2, 0.25) is 0 Å². The minimum absolute atomic E-state index is 0. The quantitative estimate of drug-likeness (QED) is 0.829. The van der Waals surface area contributed by atoms with Crippen molar-refractivity contribution in [2.75, 3.05) is 13.1 Å². The van der Waals surface area contributed by atoms with Crippen LogP contribution < -0.4 is 11.1 Å². The molecule has 0 bridgehead atoms. The fourth-order valence-electron chi connectivity index (χ4n) is 3.14. The van der Waals surface area contributed by atoms with E-state index in [1.54, 1.807) is 0 Å². The topological polar surface area (TPSA) is 72.9 Å². The molecule has 6 heteroatoms. The normalized spacial score (nSPS) is 13.9. The summed E-state index contributed by atoms with van der Waals surface area (Å²) in [4.78, 5) is 12.5. The van der Waals surface area contributed by atoms with Crippen molar-refractivity contribution in [3.8, 4) is 5.69 Å². The van der Waals surface area contributed by atoms with E-state index >= 15 is 0 Å². The summed E-state index contributed by atoms with van der Waals surface area (Å²) in [5.41, 5.74) is 10.8. The molecule has 1 aliphatic rings. The molecule has 1 aromatic carbocycles. The monoisotopic (exact) mass is 362 g/mol. The van der Waals surface area contributed by atoms with E-state index in [0.29, 0.717) is 18.8 Å². The van der Waals surface area contributed by atoms with E-state index in [1.807, 2.05) is 11.6 Å². The first-order valence-corrected chi connectivity index (χ1v) is 8.82. The molecule has 136 valence electrons. The molecule has 0 aliphatic heterocycles. The third-order valence-electron chi connectivity index (χ3n) is 4.75. The molecule has 3 rings (SSSR count). The van der Waals surface area contributed by atoms with Gasteiger partial charge in [-0.05, 0) is 55.8 Å². The molecular formula is C19H27ClN4O. The maximum absolute atomic E-state index is 12.5. The van der Waals surface area contributed by atoms with Crippen LogP contribution in [0.1, 0.15) is 47.6 Å². The Bertz CT molecular complexity index is 724. The lowest BCUT2D eigenvalue weighted by Crippen LogP contribution is -2.32. The Morgan fingerprint density at radius 2 is 2.04 bits per heavy atom. The van der Waals surface area contributed by atoms with Gasteiger partial charge >= 0.3 is 0 Å². The number of fused-ring (bicyclic) bond motifs is 1. The van der Waals surface area contributed by atoms with E-state index in [1.165, 1.54) is 11.3 Å². The number of carbonyl (C=O) groups is 1. The number of hydrogen-bond donors (Lipinski definition) is 2. The number of aryl methyl sites for hydroxylation is 1. The van der Waals surface area contributed by atoms with Gasteiger partial charge < -0.3 is 11.1 Å². The van der Waals surface area contributed by atoms with Crippen molar-refractivity contribution in [1.29, 1.82) is 0 Å². The fraction of sp³-hybridized carbons (Fsp3) is 0.474. The highest BCUT2D eigenvalue weighted by molar-refractivity contribution is 5.94. The van der Waals surface area contributed by atoms with Crippen molar-refractivity contribution < 1.29 is 4.79 Å². The zero-order valence-electron chi connectivity index (χ0n) is 14.9. The lowest BCUT2D eigenvalue weighted by Gasteiger charge is -2.09. The summed E-state index contributed by atoms with van der Waals surface area (Å²) in [6.45, 7) is 5.32. The van der Waals surface area contributed by atoms with Crippen LogP contribution in [0.3, 0.4) is 0 Å². The maximum Gasteiger partial charge on any atom is 0.272 e. The lowest BCUT2D eigenvalue weighted by molar-refractivity contribution is 0.0942. The van der Waals surface area contributed by atoms with Crippen molar-refractivity contribution in [2.24, 2.45) is 11.7 Å². The van der Waals surface area contributed by atoms with E-state index in [9.17, 15) is 4.79 Å². The number of hydrogen-bond acceptors (Lipinski definition) is 3. The second kappa shape index (κ2) is 8.50. The van der Waals surface area contributed by atoms with Crippen LogP contribution >= 0.6 is 12.4 Å². The molecule has 0 saturated heterocycles. The van der Waals surface area contributed by atoms with Crippen molar-refractivity contribution in [1.82, 2.24) is 15.1 Å². The van der Waals surface area contributed by atoms with Crippen LogP contribution in [0.5, 0.6) is 0 Å². The Kier molecular flexibility index (Phi) is 6.62. The molecule has 0 fully saturated rings. The van der Waals surface area contributed by atoms with Gasteiger partial charge in [-0.25, -0.2) is 4.68 Å². The highest BCUT2D eigenvalue weighted by Crippen LogP contribution is 2.28. The number of nitrogens with zero attached hydrogens (tertiary/aromatic N) is 2. The number of carbonyl (C=O) groups excluding carboxylic acids is 1. The van der Waals surface area contributed by atoms with E-state index in [2.05, 4.69) is 41.6 Å². The Balaban J connectivity index is 0.00000225. The minimum Gasteiger partial charge on any atom is -0.350 e. The number of aromatic nitrogens is 2. The Morgan fingerprint density at radius 1 is 1.32 bits per heavy atom. The molecule has 0 spiro atoms. The molecule has 1 aliphatic carbocycles. The summed E-state index contributed by atoms with van der Waals surface area (Å²) in [5.74, 6) is 0.183. The smallest absolute Gasteiger partial charge is 0.272 e. The average molecular weight is 363 g/mol. The minimum atomic E-state index is -0.0858. The molecular weight excluding hydrogens is 336 g/mol. The van der Waals surface area contributed by atoms with Crippen LogP contribution in [0.4, 0.5) is 0 Å². The zero-order chi connectivity index (χ0) is 17.1. The number of nitrogens with one attached hydrogen (secondary N) is 1.